The third-order valence-electron chi connectivity index (χ3n) is 3.27. The van der Waals surface area contributed by atoms with Gasteiger partial charge in [0.2, 0.25) is 0 Å². The van der Waals surface area contributed by atoms with Crippen LogP contribution in [0.5, 0.6) is 5.75 Å². The van der Waals surface area contributed by atoms with E-state index in [2.05, 4.69) is 5.32 Å². The smallest absolute Gasteiger partial charge is 0.444 e. The van der Waals surface area contributed by atoms with Crippen molar-refractivity contribution < 1.29 is 23.8 Å². The summed E-state index contributed by atoms with van der Waals surface area (Å²) < 4.78 is 15.3. The average molecular weight is 321 g/mol. The van der Waals surface area contributed by atoms with E-state index in [1.165, 1.54) is 0 Å². The van der Waals surface area contributed by atoms with Crippen molar-refractivity contribution in [1.29, 1.82) is 0 Å². The summed E-state index contributed by atoms with van der Waals surface area (Å²) in [7, 11) is 0. The van der Waals surface area contributed by atoms with Crippen molar-refractivity contribution in [3.63, 3.8) is 0 Å². The van der Waals surface area contributed by atoms with Gasteiger partial charge < -0.3 is 19.5 Å². The summed E-state index contributed by atoms with van der Waals surface area (Å²) in [6.07, 6.45) is -0.381. The molecule has 0 spiro atoms. The zero-order chi connectivity index (χ0) is 17.0. The van der Waals surface area contributed by atoms with Crippen molar-refractivity contribution in [2.24, 2.45) is 0 Å². The van der Waals surface area contributed by atoms with Crippen LogP contribution in [0.1, 0.15) is 45.6 Å². The lowest BCUT2D eigenvalue weighted by molar-refractivity contribution is 0.0522. The van der Waals surface area contributed by atoms with E-state index >= 15 is 0 Å². The Morgan fingerprint density at radius 3 is 2.61 bits per heavy atom. The van der Waals surface area contributed by atoms with Crippen LogP contribution in [0.2, 0.25) is 0 Å². The lowest BCUT2D eigenvalue weighted by Gasteiger charge is -2.19. The molecule has 126 valence electrons. The minimum atomic E-state index is -0.725. The molecule has 0 saturated heterocycles. The highest BCUT2D eigenvalue weighted by molar-refractivity contribution is 5.69. The lowest BCUT2D eigenvalue weighted by Crippen LogP contribution is -2.34. The molecule has 2 atom stereocenters. The van der Waals surface area contributed by atoms with E-state index in [1.54, 1.807) is 19.1 Å². The zero-order valence-corrected chi connectivity index (χ0v) is 13.9. The van der Waals surface area contributed by atoms with Crippen LogP contribution in [-0.2, 0) is 9.47 Å². The maximum absolute atomic E-state index is 11.8. The standard InChI is InChI=1S/C17H23NO5/c1-5-21-16(20)22-14-9-7-6-8-11(14)12-10-13(12)18-15(19)23-17(2,3)4/h6-9,12-13H,5,10H2,1-4H3,(H,18,19)/t12-,13+/m0/s1. The first kappa shape index (κ1) is 17.1. The quantitative estimate of drug-likeness (QED) is 0.677. The first-order valence-corrected chi connectivity index (χ1v) is 7.73. The van der Waals surface area contributed by atoms with E-state index in [4.69, 9.17) is 14.2 Å². The van der Waals surface area contributed by atoms with Crippen LogP contribution in [0, 0.1) is 0 Å². The van der Waals surface area contributed by atoms with Crippen molar-refractivity contribution in [2.45, 2.75) is 51.7 Å². The molecule has 0 aromatic heterocycles. The van der Waals surface area contributed by atoms with E-state index in [0.717, 1.165) is 12.0 Å². The molecule has 1 fully saturated rings. The highest BCUT2D eigenvalue weighted by Crippen LogP contribution is 2.44. The highest BCUT2D eigenvalue weighted by Gasteiger charge is 2.42. The van der Waals surface area contributed by atoms with E-state index in [1.807, 2.05) is 32.9 Å². The minimum Gasteiger partial charge on any atom is -0.444 e. The SMILES string of the molecule is CCOC(=O)Oc1ccccc1[C@@H]1C[C@H]1NC(=O)OC(C)(C)C. The van der Waals surface area contributed by atoms with Crippen LogP contribution in [-0.4, -0.2) is 30.5 Å². The van der Waals surface area contributed by atoms with Gasteiger partial charge in [0.25, 0.3) is 0 Å². The number of benzene rings is 1. The first-order chi connectivity index (χ1) is 10.8. The number of hydrogen-bond acceptors (Lipinski definition) is 5. The van der Waals surface area contributed by atoms with E-state index < -0.39 is 17.8 Å². The number of carbonyl (C=O) groups excluding carboxylic acids is 2. The molecule has 1 aromatic carbocycles. The van der Waals surface area contributed by atoms with Crippen molar-refractivity contribution in [3.05, 3.63) is 29.8 Å². The topological polar surface area (TPSA) is 73.9 Å². The van der Waals surface area contributed by atoms with Gasteiger partial charge in [-0.25, -0.2) is 9.59 Å². The fourth-order valence-corrected chi connectivity index (χ4v) is 2.27. The Kier molecular flexibility index (Phi) is 5.13. The van der Waals surface area contributed by atoms with E-state index in [-0.39, 0.29) is 18.6 Å². The molecule has 1 N–H and O–H groups in total. The highest BCUT2D eigenvalue weighted by atomic mass is 16.7. The van der Waals surface area contributed by atoms with Crippen LogP contribution in [0.4, 0.5) is 9.59 Å². The molecule has 1 aromatic rings. The number of ether oxygens (including phenoxy) is 3. The average Bonchev–Trinajstić information content (AvgIpc) is 3.16. The summed E-state index contributed by atoms with van der Waals surface area (Å²) in [6.45, 7) is 7.43. The van der Waals surface area contributed by atoms with Crippen LogP contribution < -0.4 is 10.1 Å². The van der Waals surface area contributed by atoms with Gasteiger partial charge in [0.05, 0.1) is 6.61 Å². The van der Waals surface area contributed by atoms with Gasteiger partial charge in [-0.1, -0.05) is 18.2 Å². The Morgan fingerprint density at radius 1 is 1.26 bits per heavy atom. The third kappa shape index (κ3) is 5.16. The summed E-state index contributed by atoms with van der Waals surface area (Å²) in [4.78, 5) is 23.3. The zero-order valence-electron chi connectivity index (χ0n) is 13.9. The molecule has 1 saturated carbocycles. The number of hydrogen-bond donors (Lipinski definition) is 1. The Balaban J connectivity index is 1.96. The summed E-state index contributed by atoms with van der Waals surface area (Å²) in [5.74, 6) is 0.567. The summed E-state index contributed by atoms with van der Waals surface area (Å²) in [5, 5.41) is 2.83. The second-order valence-electron chi connectivity index (χ2n) is 6.42. The minimum absolute atomic E-state index is 0.0169. The number of alkyl carbamates (subject to hydrolysis) is 1. The third-order valence-corrected chi connectivity index (χ3v) is 3.27. The fraction of sp³-hybridized carbons (Fsp3) is 0.529. The van der Waals surface area contributed by atoms with Crippen molar-refractivity contribution in [1.82, 2.24) is 5.32 Å². The summed E-state index contributed by atoms with van der Waals surface area (Å²) in [6, 6.07) is 7.25. The Hall–Kier alpha value is -2.24. The predicted octanol–water partition coefficient (Wildman–Crippen LogP) is 3.60. The molecule has 0 unspecified atom stereocenters. The molecular weight excluding hydrogens is 298 g/mol. The Morgan fingerprint density at radius 2 is 1.96 bits per heavy atom. The maximum atomic E-state index is 11.8. The molecule has 0 bridgehead atoms. The van der Waals surface area contributed by atoms with Gasteiger partial charge in [-0.3, -0.25) is 0 Å². The van der Waals surface area contributed by atoms with Crippen LogP contribution >= 0.6 is 0 Å². The molecule has 0 heterocycles. The van der Waals surface area contributed by atoms with Gasteiger partial charge in [-0.15, -0.1) is 0 Å². The second kappa shape index (κ2) is 6.89. The number of amides is 1. The molecule has 0 aliphatic heterocycles. The molecule has 1 amide bonds. The molecule has 6 heteroatoms. The number of carbonyl (C=O) groups is 2. The fourth-order valence-electron chi connectivity index (χ4n) is 2.27. The Bertz CT molecular complexity index is 579. The first-order valence-electron chi connectivity index (χ1n) is 7.73. The predicted molar refractivity (Wildman–Crippen MR) is 84.6 cm³/mol. The number of nitrogens with one attached hydrogen (secondary N) is 1. The lowest BCUT2D eigenvalue weighted by atomic mass is 10.1. The number of para-hydroxylation sites is 1. The van der Waals surface area contributed by atoms with Gasteiger partial charge in [0, 0.05) is 17.5 Å². The maximum Gasteiger partial charge on any atom is 0.513 e. The largest absolute Gasteiger partial charge is 0.513 e. The molecular formula is C17H23NO5. The summed E-state index contributed by atoms with van der Waals surface area (Å²) in [5.41, 5.74) is 0.348. The number of rotatable bonds is 4. The molecule has 1 aliphatic rings. The normalized spacial score (nSPS) is 19.7. The van der Waals surface area contributed by atoms with Crippen molar-refractivity contribution >= 4 is 12.2 Å². The van der Waals surface area contributed by atoms with Gasteiger partial charge in [0.15, 0.2) is 0 Å². The van der Waals surface area contributed by atoms with E-state index in [0.29, 0.717) is 5.75 Å². The van der Waals surface area contributed by atoms with Crippen molar-refractivity contribution in [2.75, 3.05) is 6.61 Å². The monoisotopic (exact) mass is 321 g/mol. The molecule has 23 heavy (non-hydrogen) atoms. The molecule has 0 radical (unpaired) electrons. The molecule has 2 rings (SSSR count). The van der Waals surface area contributed by atoms with Crippen LogP contribution in [0.25, 0.3) is 0 Å². The van der Waals surface area contributed by atoms with Crippen LogP contribution in [0.3, 0.4) is 0 Å². The molecule has 6 nitrogen and oxygen atoms in total. The van der Waals surface area contributed by atoms with Gasteiger partial charge >= 0.3 is 12.2 Å². The second-order valence-corrected chi connectivity index (χ2v) is 6.42. The summed E-state index contributed by atoms with van der Waals surface area (Å²) >= 11 is 0. The van der Waals surface area contributed by atoms with E-state index in [9.17, 15) is 9.59 Å². The van der Waals surface area contributed by atoms with Crippen molar-refractivity contribution in [3.8, 4) is 5.75 Å². The molecule has 1 aliphatic carbocycles. The van der Waals surface area contributed by atoms with Gasteiger partial charge in [-0.05, 0) is 40.2 Å². The Labute approximate surface area is 136 Å². The van der Waals surface area contributed by atoms with Gasteiger partial charge in [0.1, 0.15) is 11.4 Å². The van der Waals surface area contributed by atoms with Crippen LogP contribution in [0.15, 0.2) is 24.3 Å². The van der Waals surface area contributed by atoms with Gasteiger partial charge in [-0.2, -0.15) is 0 Å².